The van der Waals surface area contributed by atoms with Gasteiger partial charge in [0.2, 0.25) is 0 Å². The van der Waals surface area contributed by atoms with E-state index in [-0.39, 0.29) is 6.10 Å². The summed E-state index contributed by atoms with van der Waals surface area (Å²) in [5.41, 5.74) is 0.823. The predicted octanol–water partition coefficient (Wildman–Crippen LogP) is 0.720. The number of aliphatic hydroxyl groups excluding tert-OH is 1. The first-order valence-corrected chi connectivity index (χ1v) is 5.28. The summed E-state index contributed by atoms with van der Waals surface area (Å²) in [4.78, 5) is 12.5. The largest absolute Gasteiger partial charge is 0.478 e. The van der Waals surface area contributed by atoms with Crippen molar-refractivity contribution in [3.63, 3.8) is 0 Å². The number of nitrogens with zero attached hydrogens (tertiary/aromatic N) is 1. The number of carbonyl (C=O) groups is 1. The van der Waals surface area contributed by atoms with Crippen LogP contribution in [0.25, 0.3) is 0 Å². The molecular formula is C11H19NO3. The number of likely N-dealkylation sites (tertiary alicyclic amines) is 1. The molecule has 0 amide bonds. The van der Waals surface area contributed by atoms with Crippen molar-refractivity contribution in [1.29, 1.82) is 0 Å². The Balaban J connectivity index is 2.47. The molecule has 86 valence electrons. The van der Waals surface area contributed by atoms with Crippen molar-refractivity contribution >= 4 is 5.97 Å². The molecule has 0 aromatic heterocycles. The van der Waals surface area contributed by atoms with E-state index in [1.54, 1.807) is 6.92 Å². The number of carboxylic acid groups (broad SMARTS) is 1. The maximum atomic E-state index is 10.4. The van der Waals surface area contributed by atoms with Crippen LogP contribution in [-0.2, 0) is 4.79 Å². The van der Waals surface area contributed by atoms with Crippen LogP contribution in [0.3, 0.4) is 0 Å². The highest BCUT2D eigenvalue weighted by molar-refractivity contribution is 5.80. The van der Waals surface area contributed by atoms with Crippen molar-refractivity contribution in [3.8, 4) is 0 Å². The quantitative estimate of drug-likeness (QED) is 0.678. The second-order valence-electron chi connectivity index (χ2n) is 4.52. The third-order valence-electron chi connectivity index (χ3n) is 2.56. The van der Waals surface area contributed by atoms with E-state index in [0.717, 1.165) is 18.5 Å². The molecule has 2 N–H and O–H groups in total. The number of aliphatic carboxylic acids is 1. The van der Waals surface area contributed by atoms with Crippen LogP contribution in [0, 0.1) is 5.92 Å². The minimum absolute atomic E-state index is 0.272. The Morgan fingerprint density at radius 2 is 2.20 bits per heavy atom. The Bertz CT molecular complexity index is 253. The number of carboxylic acids is 1. The van der Waals surface area contributed by atoms with Gasteiger partial charge in [0.25, 0.3) is 0 Å². The lowest BCUT2D eigenvalue weighted by molar-refractivity contribution is -0.131. The molecule has 1 aliphatic rings. The topological polar surface area (TPSA) is 60.8 Å². The molecule has 0 spiro atoms. The Morgan fingerprint density at radius 3 is 2.73 bits per heavy atom. The minimum Gasteiger partial charge on any atom is -0.478 e. The summed E-state index contributed by atoms with van der Waals surface area (Å²) in [6.45, 7) is 6.12. The molecule has 0 radical (unpaired) electrons. The number of rotatable bonds is 3. The average Bonchev–Trinajstić information content (AvgIpc) is 1.98. The van der Waals surface area contributed by atoms with Crippen molar-refractivity contribution in [2.45, 2.75) is 26.4 Å². The maximum absolute atomic E-state index is 10.4. The smallest absolute Gasteiger partial charge is 0.328 e. The van der Waals surface area contributed by atoms with Crippen LogP contribution in [0.1, 0.15) is 20.3 Å². The number of piperidine rings is 1. The zero-order valence-corrected chi connectivity index (χ0v) is 9.31. The van der Waals surface area contributed by atoms with Gasteiger partial charge < -0.3 is 10.2 Å². The van der Waals surface area contributed by atoms with E-state index >= 15 is 0 Å². The molecule has 4 nitrogen and oxygen atoms in total. The van der Waals surface area contributed by atoms with Crippen LogP contribution < -0.4 is 0 Å². The summed E-state index contributed by atoms with van der Waals surface area (Å²) in [7, 11) is 0. The summed E-state index contributed by atoms with van der Waals surface area (Å²) < 4.78 is 0. The van der Waals surface area contributed by atoms with Gasteiger partial charge in [-0.25, -0.2) is 4.79 Å². The lowest BCUT2D eigenvalue weighted by Gasteiger charge is -2.34. The van der Waals surface area contributed by atoms with Crippen LogP contribution in [0.2, 0.25) is 0 Å². The lowest BCUT2D eigenvalue weighted by atomic mass is 9.97. The summed E-state index contributed by atoms with van der Waals surface area (Å²) in [5.74, 6) is -0.426. The summed E-state index contributed by atoms with van der Waals surface area (Å²) in [6.07, 6.45) is 1.80. The van der Waals surface area contributed by atoms with Crippen LogP contribution in [0.15, 0.2) is 11.6 Å². The van der Waals surface area contributed by atoms with E-state index in [0.29, 0.717) is 19.0 Å². The van der Waals surface area contributed by atoms with E-state index in [2.05, 4.69) is 11.8 Å². The number of β-amino-alcohol motifs (C(OH)–C–C–N with tert-alkyl or cyclic N) is 1. The fraction of sp³-hybridized carbons (Fsp3) is 0.727. The molecule has 0 aromatic rings. The highest BCUT2D eigenvalue weighted by atomic mass is 16.4. The van der Waals surface area contributed by atoms with Gasteiger partial charge >= 0.3 is 5.97 Å². The van der Waals surface area contributed by atoms with Gasteiger partial charge in [0.1, 0.15) is 0 Å². The normalized spacial score (nSPS) is 29.1. The minimum atomic E-state index is -0.905. The van der Waals surface area contributed by atoms with Gasteiger partial charge in [-0.15, -0.1) is 0 Å². The predicted molar refractivity (Wildman–Crippen MR) is 57.6 cm³/mol. The van der Waals surface area contributed by atoms with Gasteiger partial charge in [0, 0.05) is 25.7 Å². The number of hydrogen-bond donors (Lipinski definition) is 2. The monoisotopic (exact) mass is 213 g/mol. The van der Waals surface area contributed by atoms with E-state index in [1.807, 2.05) is 0 Å². The highest BCUT2D eigenvalue weighted by Crippen LogP contribution is 2.16. The Morgan fingerprint density at radius 1 is 1.53 bits per heavy atom. The van der Waals surface area contributed by atoms with Crippen LogP contribution in [-0.4, -0.2) is 46.8 Å². The molecule has 2 unspecified atom stereocenters. The van der Waals surface area contributed by atoms with Gasteiger partial charge in [0.15, 0.2) is 0 Å². The third kappa shape index (κ3) is 4.44. The fourth-order valence-corrected chi connectivity index (χ4v) is 2.17. The van der Waals surface area contributed by atoms with Crippen LogP contribution in [0.4, 0.5) is 0 Å². The molecule has 0 aliphatic carbocycles. The zero-order valence-electron chi connectivity index (χ0n) is 9.31. The molecule has 1 fully saturated rings. The zero-order chi connectivity index (χ0) is 11.4. The van der Waals surface area contributed by atoms with Gasteiger partial charge in [-0.3, -0.25) is 4.90 Å². The standard InChI is InChI=1S/C11H19NO3/c1-8-3-10(13)7-12(5-8)6-9(2)4-11(14)15/h4,8,10,13H,3,5-7H2,1-2H3,(H,14,15)/b9-4+. The first kappa shape index (κ1) is 12.2. The van der Waals surface area contributed by atoms with E-state index in [9.17, 15) is 9.90 Å². The fourth-order valence-electron chi connectivity index (χ4n) is 2.17. The Kier molecular flexibility index (Phi) is 4.29. The summed E-state index contributed by atoms with van der Waals surface area (Å²) in [5, 5.41) is 18.1. The Labute approximate surface area is 90.2 Å². The number of hydrogen-bond acceptors (Lipinski definition) is 3. The second kappa shape index (κ2) is 5.28. The van der Waals surface area contributed by atoms with Crippen molar-refractivity contribution in [1.82, 2.24) is 4.90 Å². The van der Waals surface area contributed by atoms with Gasteiger partial charge in [0.05, 0.1) is 6.10 Å². The van der Waals surface area contributed by atoms with Crippen molar-refractivity contribution in [3.05, 3.63) is 11.6 Å². The average molecular weight is 213 g/mol. The van der Waals surface area contributed by atoms with Crippen LogP contribution in [0.5, 0.6) is 0 Å². The van der Waals surface area contributed by atoms with E-state index in [4.69, 9.17) is 5.11 Å². The third-order valence-corrected chi connectivity index (χ3v) is 2.56. The van der Waals surface area contributed by atoms with Crippen molar-refractivity contribution in [2.75, 3.05) is 19.6 Å². The Hall–Kier alpha value is -0.870. The maximum Gasteiger partial charge on any atom is 0.328 e. The van der Waals surface area contributed by atoms with Crippen molar-refractivity contribution in [2.24, 2.45) is 5.92 Å². The molecule has 1 heterocycles. The second-order valence-corrected chi connectivity index (χ2v) is 4.52. The summed E-state index contributed by atoms with van der Waals surface area (Å²) in [6, 6.07) is 0. The van der Waals surface area contributed by atoms with Gasteiger partial charge in [-0.05, 0) is 19.3 Å². The van der Waals surface area contributed by atoms with E-state index in [1.165, 1.54) is 6.08 Å². The molecule has 1 aliphatic heterocycles. The highest BCUT2D eigenvalue weighted by Gasteiger charge is 2.22. The van der Waals surface area contributed by atoms with Crippen LogP contribution >= 0.6 is 0 Å². The molecule has 0 saturated carbocycles. The molecule has 0 aromatic carbocycles. The summed E-state index contributed by atoms with van der Waals surface area (Å²) >= 11 is 0. The van der Waals surface area contributed by atoms with Crippen molar-refractivity contribution < 1.29 is 15.0 Å². The van der Waals surface area contributed by atoms with Gasteiger partial charge in [-0.1, -0.05) is 12.5 Å². The molecule has 4 heteroatoms. The molecular weight excluding hydrogens is 194 g/mol. The molecule has 2 atom stereocenters. The number of aliphatic hydroxyl groups is 1. The molecule has 1 saturated heterocycles. The first-order valence-electron chi connectivity index (χ1n) is 5.28. The molecule has 0 bridgehead atoms. The van der Waals surface area contributed by atoms with Gasteiger partial charge in [-0.2, -0.15) is 0 Å². The molecule has 15 heavy (non-hydrogen) atoms. The molecule has 1 rings (SSSR count). The first-order chi connectivity index (χ1) is 6.97. The van der Waals surface area contributed by atoms with E-state index < -0.39 is 5.97 Å². The lowest BCUT2D eigenvalue weighted by Crippen LogP contribution is -2.42. The SMILES string of the molecule is C/C(=C\C(=O)O)CN1CC(C)CC(O)C1.